The van der Waals surface area contributed by atoms with Crippen LogP contribution >= 0.6 is 0 Å². The standard InChI is InChI=1S/C70H74BN3/c1-66(2,3)49-34-37-58(53(42-49)47-26-16-14-17-27-47)72-61-33-23-21-31-56(61)71-57-44-51(68(7,8)9)36-39-62(57)73(59-38-35-50(67(4,5)6)43-54(59)48-28-18-15-19-29-48)64-46-52(45-63(72)65(64)71)74-60-32-22-20-30-55(60)69(10)40-24-12-13-25-41-70(69,74)11/h14-23,26-39,42-46H,12-13,24-25,40-41H2,1-11H3. The number of nitrogens with zero attached hydrogens (tertiary/aromatic N) is 3. The Bertz CT molecular complexity index is 3440. The molecule has 1 aliphatic carbocycles. The van der Waals surface area contributed by atoms with Gasteiger partial charge in [0.1, 0.15) is 0 Å². The van der Waals surface area contributed by atoms with Crippen LogP contribution in [0.4, 0.5) is 45.5 Å². The molecule has 8 aromatic rings. The monoisotopic (exact) mass is 968 g/mol. The average Bonchev–Trinajstić information content (AvgIpc) is 3.56. The molecule has 12 rings (SSSR count). The van der Waals surface area contributed by atoms with Crippen molar-refractivity contribution in [2.75, 3.05) is 14.7 Å². The van der Waals surface area contributed by atoms with E-state index in [-0.39, 0.29) is 33.9 Å². The molecule has 2 unspecified atom stereocenters. The molecule has 0 saturated heterocycles. The molecule has 0 N–H and O–H groups in total. The minimum atomic E-state index is -0.166. The van der Waals surface area contributed by atoms with Gasteiger partial charge in [-0.15, -0.1) is 0 Å². The highest BCUT2D eigenvalue weighted by molar-refractivity contribution is 7.00. The van der Waals surface area contributed by atoms with E-state index in [4.69, 9.17) is 0 Å². The highest BCUT2D eigenvalue weighted by atomic mass is 15.3. The Morgan fingerprint density at radius 2 is 0.838 bits per heavy atom. The molecule has 3 nitrogen and oxygen atoms in total. The zero-order valence-corrected chi connectivity index (χ0v) is 45.9. The van der Waals surface area contributed by atoms with Crippen molar-refractivity contribution in [1.29, 1.82) is 0 Å². The predicted molar refractivity (Wildman–Crippen MR) is 319 cm³/mol. The van der Waals surface area contributed by atoms with Crippen molar-refractivity contribution in [2.45, 2.75) is 142 Å². The van der Waals surface area contributed by atoms with Gasteiger partial charge in [-0.2, -0.15) is 0 Å². The summed E-state index contributed by atoms with van der Waals surface area (Å²) in [5, 5.41) is 0. The number of benzene rings is 8. The maximum atomic E-state index is 2.83. The van der Waals surface area contributed by atoms with Gasteiger partial charge < -0.3 is 14.7 Å². The summed E-state index contributed by atoms with van der Waals surface area (Å²) in [6, 6.07) is 68.4. The molecule has 0 spiro atoms. The lowest BCUT2D eigenvalue weighted by atomic mass is 9.33. The van der Waals surface area contributed by atoms with Crippen molar-refractivity contribution in [3.05, 3.63) is 198 Å². The van der Waals surface area contributed by atoms with Crippen LogP contribution in [0.1, 0.15) is 137 Å². The van der Waals surface area contributed by atoms with Crippen LogP contribution in [-0.4, -0.2) is 12.3 Å². The van der Waals surface area contributed by atoms with Gasteiger partial charge in [-0.25, -0.2) is 0 Å². The molecule has 1 fully saturated rings. The molecular weight excluding hydrogens is 894 g/mol. The second-order valence-electron chi connectivity index (χ2n) is 25.7. The van der Waals surface area contributed by atoms with Crippen LogP contribution in [0.2, 0.25) is 0 Å². The maximum absolute atomic E-state index is 2.83. The molecule has 8 aromatic carbocycles. The van der Waals surface area contributed by atoms with Gasteiger partial charge in [-0.05, 0) is 140 Å². The quantitative estimate of drug-likeness (QED) is 0.159. The summed E-state index contributed by atoms with van der Waals surface area (Å²) >= 11 is 0. The third-order valence-electron chi connectivity index (χ3n) is 18.0. The Kier molecular flexibility index (Phi) is 11.3. The van der Waals surface area contributed by atoms with E-state index >= 15 is 0 Å². The Morgan fingerprint density at radius 1 is 0.392 bits per heavy atom. The zero-order valence-electron chi connectivity index (χ0n) is 45.9. The van der Waals surface area contributed by atoms with Gasteiger partial charge in [0.15, 0.2) is 0 Å². The smallest absolute Gasteiger partial charge is 0.252 e. The van der Waals surface area contributed by atoms with Gasteiger partial charge in [0.2, 0.25) is 0 Å². The van der Waals surface area contributed by atoms with Crippen LogP contribution in [0.3, 0.4) is 0 Å². The van der Waals surface area contributed by atoms with Crippen molar-refractivity contribution in [1.82, 2.24) is 0 Å². The Balaban J connectivity index is 1.24. The topological polar surface area (TPSA) is 9.72 Å². The second kappa shape index (κ2) is 17.4. The van der Waals surface area contributed by atoms with E-state index in [1.807, 2.05) is 0 Å². The molecule has 372 valence electrons. The third-order valence-corrected chi connectivity index (χ3v) is 18.0. The molecular formula is C70H74BN3. The number of anilines is 8. The zero-order chi connectivity index (χ0) is 51.5. The van der Waals surface area contributed by atoms with Crippen molar-refractivity contribution in [2.24, 2.45) is 0 Å². The van der Waals surface area contributed by atoms with Crippen LogP contribution in [0.15, 0.2) is 176 Å². The minimum absolute atomic E-state index is 0.0220. The molecule has 74 heavy (non-hydrogen) atoms. The van der Waals surface area contributed by atoms with E-state index in [9.17, 15) is 0 Å². The normalized spacial score (nSPS) is 19.2. The summed E-state index contributed by atoms with van der Waals surface area (Å²) < 4.78 is 0. The Hall–Kier alpha value is -6.78. The highest BCUT2D eigenvalue weighted by Gasteiger charge is 2.57. The molecule has 0 amide bonds. The number of para-hydroxylation sites is 2. The molecule has 3 aliphatic heterocycles. The van der Waals surface area contributed by atoms with Gasteiger partial charge in [0.05, 0.1) is 16.9 Å². The van der Waals surface area contributed by atoms with Crippen molar-refractivity contribution in [3.63, 3.8) is 0 Å². The fourth-order valence-corrected chi connectivity index (χ4v) is 13.6. The van der Waals surface area contributed by atoms with Crippen LogP contribution in [0.5, 0.6) is 0 Å². The van der Waals surface area contributed by atoms with E-state index in [1.165, 1.54) is 138 Å². The summed E-state index contributed by atoms with van der Waals surface area (Å²) in [6.45, 7) is 26.3. The molecule has 4 aliphatic rings. The minimum Gasteiger partial charge on any atom is -0.334 e. The molecule has 0 radical (unpaired) electrons. The summed E-state index contributed by atoms with van der Waals surface area (Å²) in [5.41, 5.74) is 24.0. The largest absolute Gasteiger partial charge is 0.334 e. The molecule has 0 bridgehead atoms. The Morgan fingerprint density at radius 3 is 1.38 bits per heavy atom. The SMILES string of the molecule is CC(C)(C)c1ccc2c(c1)B1c3ccccc3N(c3ccc(C(C)(C)C)cc3-c3ccccc3)c3cc(N4c5ccccc5C5(C)CCCCCCC45C)cc(c31)N2c1ccc(C(C)(C)C)cc1-c1ccccc1. The predicted octanol–water partition coefficient (Wildman–Crippen LogP) is 17.5. The van der Waals surface area contributed by atoms with E-state index in [2.05, 4.69) is 267 Å². The van der Waals surface area contributed by atoms with Crippen LogP contribution < -0.4 is 31.1 Å². The van der Waals surface area contributed by atoms with Gasteiger partial charge in [-0.1, -0.05) is 216 Å². The first kappa shape index (κ1) is 48.2. The lowest BCUT2D eigenvalue weighted by Crippen LogP contribution is -2.61. The molecule has 0 aromatic heterocycles. The van der Waals surface area contributed by atoms with Gasteiger partial charge >= 0.3 is 0 Å². The number of hydrogen-bond donors (Lipinski definition) is 0. The van der Waals surface area contributed by atoms with E-state index < -0.39 is 0 Å². The number of hydrogen-bond acceptors (Lipinski definition) is 3. The first-order valence-corrected chi connectivity index (χ1v) is 27.7. The van der Waals surface area contributed by atoms with E-state index in [0.717, 1.165) is 6.42 Å². The lowest BCUT2D eigenvalue weighted by Gasteiger charge is -2.50. The fourth-order valence-electron chi connectivity index (χ4n) is 13.6. The van der Waals surface area contributed by atoms with E-state index in [1.54, 1.807) is 0 Å². The number of fused-ring (bicyclic) bond motifs is 7. The summed E-state index contributed by atoms with van der Waals surface area (Å²) in [4.78, 5) is 8.18. The average molecular weight is 968 g/mol. The summed E-state index contributed by atoms with van der Waals surface area (Å²) in [7, 11) is 0. The first-order chi connectivity index (χ1) is 35.4. The van der Waals surface area contributed by atoms with Crippen LogP contribution in [-0.2, 0) is 21.7 Å². The highest BCUT2D eigenvalue weighted by Crippen LogP contribution is 2.61. The molecule has 3 heterocycles. The summed E-state index contributed by atoms with van der Waals surface area (Å²) in [5.74, 6) is 0. The summed E-state index contributed by atoms with van der Waals surface area (Å²) in [6.07, 6.45) is 7.34. The van der Waals surface area contributed by atoms with Crippen molar-refractivity contribution >= 4 is 68.6 Å². The maximum Gasteiger partial charge on any atom is 0.252 e. The van der Waals surface area contributed by atoms with Crippen molar-refractivity contribution in [3.8, 4) is 22.3 Å². The van der Waals surface area contributed by atoms with Gasteiger partial charge in [0.25, 0.3) is 6.71 Å². The second-order valence-corrected chi connectivity index (χ2v) is 25.7. The molecule has 4 heteroatoms. The fraction of sp³-hybridized carbons (Fsp3) is 0.314. The first-order valence-electron chi connectivity index (χ1n) is 27.7. The Labute approximate surface area is 443 Å². The van der Waals surface area contributed by atoms with Gasteiger partial charge in [0, 0.05) is 50.7 Å². The third kappa shape index (κ3) is 7.59. The van der Waals surface area contributed by atoms with Crippen LogP contribution in [0.25, 0.3) is 22.3 Å². The van der Waals surface area contributed by atoms with Crippen molar-refractivity contribution < 1.29 is 0 Å². The molecule has 2 atom stereocenters. The lowest BCUT2D eigenvalue weighted by molar-refractivity contribution is 0.218. The van der Waals surface area contributed by atoms with E-state index in [0.29, 0.717) is 0 Å². The molecule has 1 saturated carbocycles. The van der Waals surface area contributed by atoms with Crippen LogP contribution in [0, 0.1) is 0 Å². The van der Waals surface area contributed by atoms with Gasteiger partial charge in [-0.3, -0.25) is 0 Å². The number of rotatable bonds is 5.